The maximum Gasteiger partial charge on any atom is 0.228 e. The van der Waals surface area contributed by atoms with E-state index in [1.807, 2.05) is 13.8 Å². The first kappa shape index (κ1) is 24.9. The lowest BCUT2D eigenvalue weighted by molar-refractivity contribution is -0.117. The fraction of sp³-hybridized carbons (Fsp3) is 0.346. The maximum absolute atomic E-state index is 15.0. The fourth-order valence-corrected chi connectivity index (χ4v) is 4.72. The zero-order chi connectivity index (χ0) is 26.3. The third-order valence-electron chi connectivity index (χ3n) is 6.61. The summed E-state index contributed by atoms with van der Waals surface area (Å²) in [5.41, 5.74) is 0.619. The van der Waals surface area contributed by atoms with Gasteiger partial charge in [0.1, 0.15) is 11.5 Å². The molecule has 0 saturated carbocycles. The molecule has 11 heteroatoms. The van der Waals surface area contributed by atoms with Gasteiger partial charge in [0, 0.05) is 55.5 Å². The molecule has 2 aliphatic rings. The Balaban J connectivity index is 1.47. The number of carbonyl (C=O) groups excluding carboxylic acids is 1. The summed E-state index contributed by atoms with van der Waals surface area (Å²) in [5, 5.41) is 5.76. The second-order valence-electron chi connectivity index (χ2n) is 9.41. The number of hydrogen-bond donors (Lipinski definition) is 2. The highest BCUT2D eigenvalue weighted by atomic mass is 19.2. The Bertz CT molecular complexity index is 1360. The van der Waals surface area contributed by atoms with Crippen LogP contribution in [-0.4, -0.2) is 54.5 Å². The summed E-state index contributed by atoms with van der Waals surface area (Å²) in [4.78, 5) is 23.6. The molecule has 0 amide bonds. The van der Waals surface area contributed by atoms with Crippen molar-refractivity contribution in [3.05, 3.63) is 59.3 Å². The summed E-state index contributed by atoms with van der Waals surface area (Å²) in [5.74, 6) is -3.86. The number of piperazine rings is 1. The van der Waals surface area contributed by atoms with Crippen molar-refractivity contribution in [1.82, 2.24) is 15.3 Å². The lowest BCUT2D eigenvalue weighted by atomic mass is 9.96. The van der Waals surface area contributed by atoms with Gasteiger partial charge < -0.3 is 20.4 Å². The minimum absolute atomic E-state index is 0.0431. The predicted octanol–water partition coefficient (Wildman–Crippen LogP) is 4.19. The average Bonchev–Trinajstić information content (AvgIpc) is 2.88. The SMILES string of the molecule is CC(C)N1CC(=O)Cc2c(F)cc(-c3nc(Nc4ccc(N5CCNCC5)c(F)c4F)ncc3F)cc21. The van der Waals surface area contributed by atoms with Crippen molar-refractivity contribution in [2.75, 3.05) is 47.8 Å². The van der Waals surface area contributed by atoms with E-state index in [9.17, 15) is 18.0 Å². The number of Topliss-reactive ketones (excluding diaryl/α,β-unsaturated/α-hetero) is 1. The van der Waals surface area contributed by atoms with Crippen molar-refractivity contribution < 1.29 is 22.4 Å². The van der Waals surface area contributed by atoms with Crippen LogP contribution in [0.15, 0.2) is 30.5 Å². The molecule has 3 heterocycles. The van der Waals surface area contributed by atoms with Crippen LogP contribution >= 0.6 is 0 Å². The van der Waals surface area contributed by atoms with Crippen LogP contribution < -0.4 is 20.4 Å². The van der Waals surface area contributed by atoms with Crippen LogP contribution in [0.1, 0.15) is 19.4 Å². The fourth-order valence-electron chi connectivity index (χ4n) is 4.72. The van der Waals surface area contributed by atoms with E-state index in [2.05, 4.69) is 20.6 Å². The number of hydrogen-bond acceptors (Lipinski definition) is 7. The first-order valence-electron chi connectivity index (χ1n) is 12.1. The molecular weight excluding hydrogens is 488 g/mol. The lowest BCUT2D eigenvalue weighted by Crippen LogP contribution is -2.44. The molecule has 0 unspecified atom stereocenters. The quantitative estimate of drug-likeness (QED) is 0.495. The summed E-state index contributed by atoms with van der Waals surface area (Å²) in [6.45, 7) is 6.31. The Hall–Kier alpha value is -3.73. The van der Waals surface area contributed by atoms with Gasteiger partial charge in [0.05, 0.1) is 24.1 Å². The molecule has 0 atom stereocenters. The van der Waals surface area contributed by atoms with Gasteiger partial charge in [0.25, 0.3) is 0 Å². The first-order chi connectivity index (χ1) is 17.7. The summed E-state index contributed by atoms with van der Waals surface area (Å²) >= 11 is 0. The van der Waals surface area contributed by atoms with Crippen LogP contribution in [-0.2, 0) is 11.2 Å². The van der Waals surface area contributed by atoms with Crippen LogP contribution in [0.25, 0.3) is 11.3 Å². The Labute approximate surface area is 211 Å². The molecule has 2 N–H and O–H groups in total. The van der Waals surface area contributed by atoms with E-state index in [1.165, 1.54) is 12.1 Å². The summed E-state index contributed by atoms with van der Waals surface area (Å²) in [7, 11) is 0. The molecule has 3 aromatic rings. The lowest BCUT2D eigenvalue weighted by Gasteiger charge is -2.34. The summed E-state index contributed by atoms with van der Waals surface area (Å²) in [6, 6.07) is 5.46. The van der Waals surface area contributed by atoms with Crippen LogP contribution in [0.4, 0.5) is 40.6 Å². The van der Waals surface area contributed by atoms with Gasteiger partial charge in [-0.15, -0.1) is 0 Å². The number of aromatic nitrogens is 2. The third kappa shape index (κ3) is 4.83. The highest BCUT2D eigenvalue weighted by molar-refractivity contribution is 5.91. The monoisotopic (exact) mass is 514 g/mol. The molecule has 37 heavy (non-hydrogen) atoms. The van der Waals surface area contributed by atoms with E-state index in [-0.39, 0.29) is 58.9 Å². The number of nitrogens with zero attached hydrogens (tertiary/aromatic N) is 4. The number of halogens is 4. The van der Waals surface area contributed by atoms with Gasteiger partial charge in [0.15, 0.2) is 23.2 Å². The van der Waals surface area contributed by atoms with Gasteiger partial charge in [-0.2, -0.15) is 0 Å². The van der Waals surface area contributed by atoms with Crippen LogP contribution in [0, 0.1) is 23.3 Å². The van der Waals surface area contributed by atoms with E-state index in [4.69, 9.17) is 0 Å². The smallest absolute Gasteiger partial charge is 0.228 e. The Morgan fingerprint density at radius 1 is 1.00 bits per heavy atom. The van der Waals surface area contributed by atoms with Gasteiger partial charge in [-0.1, -0.05) is 0 Å². The van der Waals surface area contributed by atoms with Crippen molar-refractivity contribution in [2.24, 2.45) is 0 Å². The molecular formula is C26H26F4N6O. The molecule has 2 aliphatic heterocycles. The van der Waals surface area contributed by atoms with E-state index in [0.29, 0.717) is 31.9 Å². The third-order valence-corrected chi connectivity index (χ3v) is 6.61. The molecule has 2 aromatic carbocycles. The first-order valence-corrected chi connectivity index (χ1v) is 12.1. The van der Waals surface area contributed by atoms with Crippen molar-refractivity contribution in [3.8, 4) is 11.3 Å². The molecule has 5 rings (SSSR count). The minimum atomic E-state index is -1.11. The molecule has 1 aromatic heterocycles. The molecule has 0 aliphatic carbocycles. The van der Waals surface area contributed by atoms with Gasteiger partial charge in [-0.3, -0.25) is 4.79 Å². The number of rotatable bonds is 5. The van der Waals surface area contributed by atoms with Crippen LogP contribution in [0.3, 0.4) is 0 Å². The Morgan fingerprint density at radius 3 is 2.49 bits per heavy atom. The van der Waals surface area contributed by atoms with E-state index < -0.39 is 23.3 Å². The van der Waals surface area contributed by atoms with E-state index >= 15 is 4.39 Å². The van der Waals surface area contributed by atoms with Gasteiger partial charge in [0.2, 0.25) is 5.95 Å². The Kier molecular flexibility index (Phi) is 6.72. The van der Waals surface area contributed by atoms with E-state index in [0.717, 1.165) is 12.3 Å². The van der Waals surface area contributed by atoms with Gasteiger partial charge in [-0.05, 0) is 38.1 Å². The van der Waals surface area contributed by atoms with Crippen LogP contribution in [0.2, 0.25) is 0 Å². The zero-order valence-corrected chi connectivity index (χ0v) is 20.4. The number of carbonyl (C=O) groups is 1. The van der Waals surface area contributed by atoms with Crippen molar-refractivity contribution in [1.29, 1.82) is 0 Å². The second kappa shape index (κ2) is 9.97. The second-order valence-corrected chi connectivity index (χ2v) is 9.41. The molecule has 0 spiro atoms. The number of benzene rings is 2. The van der Waals surface area contributed by atoms with Crippen LogP contribution in [0.5, 0.6) is 0 Å². The average molecular weight is 515 g/mol. The van der Waals surface area contributed by atoms with Gasteiger partial charge >= 0.3 is 0 Å². The zero-order valence-electron chi connectivity index (χ0n) is 20.4. The minimum Gasteiger partial charge on any atom is -0.367 e. The molecule has 7 nitrogen and oxygen atoms in total. The molecule has 1 fully saturated rings. The van der Waals surface area contributed by atoms with Crippen molar-refractivity contribution >= 4 is 28.8 Å². The maximum atomic E-state index is 15.0. The Morgan fingerprint density at radius 2 is 1.76 bits per heavy atom. The standard InChI is InChI=1S/C26H26F4N6O/c1-14(2)36-13-16(37)11-17-18(27)9-15(10-22(17)36)25-19(28)12-32-26(34-25)33-20-3-4-21(24(30)23(20)29)35-7-5-31-6-8-35/h3-4,9-10,12,14,31H,5-8,11,13H2,1-2H3,(H,32,33,34). The van der Waals surface area contributed by atoms with Crippen molar-refractivity contribution in [3.63, 3.8) is 0 Å². The molecule has 0 bridgehead atoms. The molecule has 194 valence electrons. The highest BCUT2D eigenvalue weighted by Gasteiger charge is 2.28. The van der Waals surface area contributed by atoms with Gasteiger partial charge in [-0.25, -0.2) is 27.5 Å². The number of nitrogens with one attached hydrogen (secondary N) is 2. The van der Waals surface area contributed by atoms with E-state index in [1.54, 1.807) is 15.9 Å². The number of anilines is 4. The topological polar surface area (TPSA) is 73.4 Å². The van der Waals surface area contributed by atoms with Crippen molar-refractivity contribution in [2.45, 2.75) is 26.3 Å². The molecule has 1 saturated heterocycles. The number of fused-ring (bicyclic) bond motifs is 1. The predicted molar refractivity (Wildman–Crippen MR) is 133 cm³/mol. The highest BCUT2D eigenvalue weighted by Crippen LogP contribution is 2.35. The molecule has 0 radical (unpaired) electrons. The normalized spacial score (nSPS) is 15.8. The number of ketones is 1. The summed E-state index contributed by atoms with van der Waals surface area (Å²) < 4.78 is 59.6. The largest absolute Gasteiger partial charge is 0.367 e. The summed E-state index contributed by atoms with van der Waals surface area (Å²) in [6.07, 6.45) is 0.841.